The molecule has 1 aliphatic rings. The highest BCUT2D eigenvalue weighted by Gasteiger charge is 2.27. The van der Waals surface area contributed by atoms with Gasteiger partial charge in [-0.05, 0) is 24.3 Å². The minimum Gasteiger partial charge on any atom is -0.508 e. The summed E-state index contributed by atoms with van der Waals surface area (Å²) in [6.45, 7) is 0.566. The first-order valence-corrected chi connectivity index (χ1v) is 6.78. The van der Waals surface area contributed by atoms with Gasteiger partial charge in [-0.2, -0.15) is 0 Å². The van der Waals surface area contributed by atoms with E-state index in [2.05, 4.69) is 5.16 Å². The van der Waals surface area contributed by atoms with Crippen LogP contribution in [0.25, 0.3) is 0 Å². The standard InChI is InChI=1S/C15H13ClN2O3/c16-9-1-3-10(4-2-9)18-6-5-12(17-21)15-13(18)7-11(19)8-14(15)20/h1-4,7-8,19-21H,5-6H2/b17-12+. The van der Waals surface area contributed by atoms with Crippen LogP contribution in [0.1, 0.15) is 12.0 Å². The van der Waals surface area contributed by atoms with E-state index in [0.717, 1.165) is 5.69 Å². The Balaban J connectivity index is 2.17. The van der Waals surface area contributed by atoms with Gasteiger partial charge in [0.2, 0.25) is 0 Å². The number of halogens is 1. The van der Waals surface area contributed by atoms with Crippen LogP contribution in [-0.2, 0) is 0 Å². The lowest BCUT2D eigenvalue weighted by atomic mass is 9.97. The van der Waals surface area contributed by atoms with Crippen molar-refractivity contribution < 1.29 is 15.4 Å². The van der Waals surface area contributed by atoms with E-state index >= 15 is 0 Å². The van der Waals surface area contributed by atoms with Crippen molar-refractivity contribution in [2.45, 2.75) is 6.42 Å². The van der Waals surface area contributed by atoms with E-state index in [1.165, 1.54) is 12.1 Å². The van der Waals surface area contributed by atoms with Crippen molar-refractivity contribution in [2.24, 2.45) is 5.16 Å². The SMILES string of the molecule is O/N=C1\CCN(c2ccc(Cl)cc2)c2cc(O)cc(O)c21. The highest BCUT2D eigenvalue weighted by molar-refractivity contribution is 6.30. The molecule has 0 aliphatic carbocycles. The maximum Gasteiger partial charge on any atom is 0.130 e. The van der Waals surface area contributed by atoms with E-state index in [9.17, 15) is 10.2 Å². The normalized spacial score (nSPS) is 16.0. The Morgan fingerprint density at radius 2 is 1.81 bits per heavy atom. The molecule has 0 amide bonds. The van der Waals surface area contributed by atoms with Crippen LogP contribution in [0.4, 0.5) is 11.4 Å². The molecule has 1 heterocycles. The van der Waals surface area contributed by atoms with Gasteiger partial charge in [0, 0.05) is 35.8 Å². The van der Waals surface area contributed by atoms with Gasteiger partial charge in [-0.25, -0.2) is 0 Å². The molecule has 0 aromatic heterocycles. The summed E-state index contributed by atoms with van der Waals surface area (Å²) >= 11 is 5.90. The van der Waals surface area contributed by atoms with Crippen molar-refractivity contribution in [3.8, 4) is 11.5 Å². The minimum absolute atomic E-state index is 0.0515. The number of benzene rings is 2. The molecule has 0 spiro atoms. The number of nitrogens with zero attached hydrogens (tertiary/aromatic N) is 2. The van der Waals surface area contributed by atoms with Gasteiger partial charge in [-0.15, -0.1) is 0 Å². The third-order valence-electron chi connectivity index (χ3n) is 3.49. The van der Waals surface area contributed by atoms with Gasteiger partial charge in [0.15, 0.2) is 0 Å². The van der Waals surface area contributed by atoms with Gasteiger partial charge in [0.25, 0.3) is 0 Å². The maximum atomic E-state index is 10.0. The van der Waals surface area contributed by atoms with Gasteiger partial charge < -0.3 is 20.3 Å². The van der Waals surface area contributed by atoms with Crippen LogP contribution in [0.15, 0.2) is 41.6 Å². The highest BCUT2D eigenvalue weighted by atomic mass is 35.5. The number of hydrogen-bond donors (Lipinski definition) is 3. The number of phenols is 2. The lowest BCUT2D eigenvalue weighted by Crippen LogP contribution is -2.28. The molecule has 1 aliphatic heterocycles. The summed E-state index contributed by atoms with van der Waals surface area (Å²) in [7, 11) is 0. The molecule has 0 fully saturated rings. The zero-order valence-electron chi connectivity index (χ0n) is 11.0. The van der Waals surface area contributed by atoms with Gasteiger partial charge in [-0.1, -0.05) is 16.8 Å². The summed E-state index contributed by atoms with van der Waals surface area (Å²) in [6, 6.07) is 10.0. The average molecular weight is 305 g/mol. The second kappa shape index (κ2) is 5.18. The second-order valence-electron chi connectivity index (χ2n) is 4.78. The van der Waals surface area contributed by atoms with Crippen molar-refractivity contribution >= 4 is 28.7 Å². The molecule has 0 radical (unpaired) electrons. The Morgan fingerprint density at radius 3 is 2.48 bits per heavy atom. The Kier molecular flexibility index (Phi) is 3.35. The molecular weight excluding hydrogens is 292 g/mol. The van der Waals surface area contributed by atoms with E-state index in [-0.39, 0.29) is 11.5 Å². The van der Waals surface area contributed by atoms with Crippen LogP contribution in [0.2, 0.25) is 5.02 Å². The molecule has 0 atom stereocenters. The van der Waals surface area contributed by atoms with Crippen LogP contribution in [0.5, 0.6) is 11.5 Å². The summed E-state index contributed by atoms with van der Waals surface area (Å²) in [5.74, 6) is -0.166. The van der Waals surface area contributed by atoms with Gasteiger partial charge >= 0.3 is 0 Å². The largest absolute Gasteiger partial charge is 0.508 e. The third kappa shape index (κ3) is 2.36. The van der Waals surface area contributed by atoms with E-state index in [0.29, 0.717) is 35.0 Å². The topological polar surface area (TPSA) is 76.3 Å². The lowest BCUT2D eigenvalue weighted by molar-refractivity contribution is 0.317. The van der Waals surface area contributed by atoms with Crippen molar-refractivity contribution in [1.82, 2.24) is 0 Å². The molecule has 0 bridgehead atoms. The number of oxime groups is 1. The molecule has 2 aromatic carbocycles. The Labute approximate surface area is 126 Å². The maximum absolute atomic E-state index is 10.0. The zero-order chi connectivity index (χ0) is 15.0. The molecule has 2 aromatic rings. The number of rotatable bonds is 1. The van der Waals surface area contributed by atoms with Gasteiger partial charge in [0.1, 0.15) is 11.5 Å². The van der Waals surface area contributed by atoms with E-state index in [1.807, 2.05) is 17.0 Å². The molecule has 3 rings (SSSR count). The summed E-state index contributed by atoms with van der Waals surface area (Å²) in [5.41, 5.74) is 2.29. The van der Waals surface area contributed by atoms with Gasteiger partial charge in [-0.3, -0.25) is 0 Å². The molecule has 3 N–H and O–H groups in total. The van der Waals surface area contributed by atoms with Gasteiger partial charge in [0.05, 0.1) is 17.0 Å². The predicted molar refractivity (Wildman–Crippen MR) is 81.2 cm³/mol. The zero-order valence-corrected chi connectivity index (χ0v) is 11.7. The first-order chi connectivity index (χ1) is 10.1. The number of phenolic OH excluding ortho intramolecular Hbond substituents is 2. The van der Waals surface area contributed by atoms with Crippen LogP contribution in [0, 0.1) is 0 Å². The van der Waals surface area contributed by atoms with Crippen molar-refractivity contribution in [2.75, 3.05) is 11.4 Å². The smallest absolute Gasteiger partial charge is 0.130 e. The summed E-state index contributed by atoms with van der Waals surface area (Å²) in [4.78, 5) is 1.93. The molecule has 0 saturated heterocycles. The third-order valence-corrected chi connectivity index (χ3v) is 3.74. The first-order valence-electron chi connectivity index (χ1n) is 6.40. The molecule has 5 nitrogen and oxygen atoms in total. The summed E-state index contributed by atoms with van der Waals surface area (Å²) < 4.78 is 0. The quantitative estimate of drug-likeness (QED) is 0.557. The average Bonchev–Trinajstić information content (AvgIpc) is 2.47. The van der Waals surface area contributed by atoms with Crippen molar-refractivity contribution in [3.05, 3.63) is 47.0 Å². The van der Waals surface area contributed by atoms with Crippen LogP contribution >= 0.6 is 11.6 Å². The first kappa shape index (κ1) is 13.6. The molecular formula is C15H13ClN2O3. The number of hydrogen-bond acceptors (Lipinski definition) is 5. The molecule has 0 saturated carbocycles. The predicted octanol–water partition coefficient (Wildman–Crippen LogP) is 3.47. The molecule has 21 heavy (non-hydrogen) atoms. The fourth-order valence-electron chi connectivity index (χ4n) is 2.56. The molecule has 6 heteroatoms. The van der Waals surface area contributed by atoms with E-state index < -0.39 is 0 Å². The second-order valence-corrected chi connectivity index (χ2v) is 5.22. The Hall–Kier alpha value is -2.40. The Bertz CT molecular complexity index is 714. The van der Waals surface area contributed by atoms with E-state index in [4.69, 9.17) is 16.8 Å². The fourth-order valence-corrected chi connectivity index (χ4v) is 2.68. The van der Waals surface area contributed by atoms with Crippen molar-refractivity contribution in [3.63, 3.8) is 0 Å². The highest BCUT2D eigenvalue weighted by Crippen LogP contribution is 2.41. The minimum atomic E-state index is -0.114. The van der Waals surface area contributed by atoms with Crippen LogP contribution < -0.4 is 4.90 Å². The lowest BCUT2D eigenvalue weighted by Gasteiger charge is -2.32. The van der Waals surface area contributed by atoms with E-state index in [1.54, 1.807) is 12.1 Å². The van der Waals surface area contributed by atoms with Crippen LogP contribution in [0.3, 0.4) is 0 Å². The fraction of sp³-hybridized carbons (Fsp3) is 0.133. The number of anilines is 2. The summed E-state index contributed by atoms with van der Waals surface area (Å²) in [6.07, 6.45) is 0.477. The monoisotopic (exact) mass is 304 g/mol. The number of fused-ring (bicyclic) bond motifs is 1. The molecule has 0 unspecified atom stereocenters. The number of aromatic hydroxyl groups is 2. The van der Waals surface area contributed by atoms with Crippen LogP contribution in [-0.4, -0.2) is 27.7 Å². The summed E-state index contributed by atoms with van der Waals surface area (Å²) in [5, 5.41) is 32.8. The Morgan fingerprint density at radius 1 is 1.10 bits per heavy atom. The van der Waals surface area contributed by atoms with Crippen molar-refractivity contribution in [1.29, 1.82) is 0 Å². The molecule has 108 valence electrons.